The van der Waals surface area contributed by atoms with Crippen LogP contribution in [0.3, 0.4) is 0 Å². The molecule has 1 heterocycles. The molecule has 0 bridgehead atoms. The lowest BCUT2D eigenvalue weighted by atomic mass is 9.87. The Morgan fingerprint density at radius 1 is 1.11 bits per heavy atom. The van der Waals surface area contributed by atoms with E-state index in [1.54, 1.807) is 42.4 Å². The molecule has 1 aromatic carbocycles. The number of nitrogens with one attached hydrogen (secondary N) is 1. The SMILES string of the molecule is CC(OC(=O)NC(CC1CC=CC(S(=O)N2CC(OC3=CCC(F)C=C3)(c3ccc(F)cc3)C2)C1)C(=O)O)OC(=O)C(C)C. The minimum absolute atomic E-state index is 0.0708. The number of carbonyl (C=O) groups excluding carboxylic acids is 2. The average Bonchev–Trinajstić information content (AvgIpc) is 2.95. The largest absolute Gasteiger partial charge is 0.480 e. The van der Waals surface area contributed by atoms with Crippen LogP contribution in [0.25, 0.3) is 0 Å². The van der Waals surface area contributed by atoms with Crippen LogP contribution in [-0.4, -0.2) is 68.5 Å². The fourth-order valence-electron chi connectivity index (χ4n) is 5.25. The fraction of sp³-hybridized carbons (Fsp3) is 0.516. The number of alkyl halides is 1. The first-order chi connectivity index (χ1) is 20.8. The molecule has 3 aliphatic rings. The minimum Gasteiger partial charge on any atom is -0.480 e. The third kappa shape index (κ3) is 8.53. The lowest BCUT2D eigenvalue weighted by Gasteiger charge is -2.50. The molecule has 0 aromatic heterocycles. The summed E-state index contributed by atoms with van der Waals surface area (Å²) in [5.41, 5.74) is -0.198. The van der Waals surface area contributed by atoms with E-state index in [2.05, 4.69) is 5.32 Å². The molecule has 0 saturated carbocycles. The molecule has 6 atom stereocenters. The molecule has 2 N–H and O–H groups in total. The average molecular weight is 637 g/mol. The van der Waals surface area contributed by atoms with Gasteiger partial charge in [-0.3, -0.25) is 4.79 Å². The molecular weight excluding hydrogens is 598 g/mol. The van der Waals surface area contributed by atoms with Gasteiger partial charge in [0.2, 0.25) is 6.29 Å². The molecule has 1 saturated heterocycles. The minimum atomic E-state index is -1.49. The monoisotopic (exact) mass is 636 g/mol. The zero-order valence-electron chi connectivity index (χ0n) is 24.8. The first-order valence-electron chi connectivity index (χ1n) is 14.6. The third-order valence-electron chi connectivity index (χ3n) is 7.65. The zero-order valence-corrected chi connectivity index (χ0v) is 25.6. The Hall–Kier alpha value is -3.58. The van der Waals surface area contributed by atoms with Gasteiger partial charge in [-0.2, -0.15) is 0 Å². The molecule has 6 unspecified atom stereocenters. The number of esters is 1. The van der Waals surface area contributed by atoms with Crippen LogP contribution < -0.4 is 5.32 Å². The number of halogens is 2. The maximum absolute atomic E-state index is 13.7. The van der Waals surface area contributed by atoms with Crippen molar-refractivity contribution in [2.45, 2.75) is 75.8 Å². The lowest BCUT2D eigenvalue weighted by Crippen LogP contribution is -2.62. The number of alkyl carbamates (subject to hydrolysis) is 1. The van der Waals surface area contributed by atoms with Gasteiger partial charge < -0.3 is 24.6 Å². The van der Waals surface area contributed by atoms with E-state index in [0.717, 1.165) is 0 Å². The molecule has 0 radical (unpaired) electrons. The fourth-order valence-corrected chi connectivity index (χ4v) is 6.99. The molecule has 1 fully saturated rings. The molecule has 1 aromatic rings. The van der Waals surface area contributed by atoms with Gasteiger partial charge in [-0.1, -0.05) is 38.1 Å². The van der Waals surface area contributed by atoms with Crippen LogP contribution in [0.1, 0.15) is 52.0 Å². The van der Waals surface area contributed by atoms with E-state index in [1.807, 2.05) is 12.2 Å². The number of hydrogen-bond acceptors (Lipinski definition) is 7. The van der Waals surface area contributed by atoms with Crippen LogP contribution in [0.5, 0.6) is 0 Å². The Morgan fingerprint density at radius 2 is 1.82 bits per heavy atom. The van der Waals surface area contributed by atoms with Crippen molar-refractivity contribution >= 4 is 29.0 Å². The smallest absolute Gasteiger partial charge is 0.410 e. The van der Waals surface area contributed by atoms with E-state index in [-0.39, 0.29) is 31.8 Å². The summed E-state index contributed by atoms with van der Waals surface area (Å²) in [5, 5.41) is 11.7. The zero-order chi connectivity index (χ0) is 32.0. The van der Waals surface area contributed by atoms with E-state index >= 15 is 0 Å². The van der Waals surface area contributed by atoms with Gasteiger partial charge in [-0.15, -0.1) is 0 Å². The standard InChI is InChI=1S/C31H38F2N2O8S/c1-19(2)29(38)41-20(3)42-30(39)34-27(28(36)37)16-21-5-4-6-26(15-21)44(40)35-17-31(18-35,22-7-9-23(32)10-8-22)43-25-13-11-24(33)12-14-25/h4,6-11,13-14,19-21,24,26-27H,5,12,15-18H2,1-3H3,(H,34,39)(H,36,37). The van der Waals surface area contributed by atoms with Gasteiger partial charge in [0, 0.05) is 13.3 Å². The van der Waals surface area contributed by atoms with Crippen LogP contribution in [0.15, 0.2) is 60.4 Å². The predicted molar refractivity (Wildman–Crippen MR) is 157 cm³/mol. The summed E-state index contributed by atoms with van der Waals surface area (Å²) in [7, 11) is -1.49. The Bertz CT molecular complexity index is 1330. The lowest BCUT2D eigenvalue weighted by molar-refractivity contribution is -0.169. The number of hydrogen-bond donors (Lipinski definition) is 2. The van der Waals surface area contributed by atoms with Crippen molar-refractivity contribution in [1.29, 1.82) is 0 Å². The number of carboxylic acid groups (broad SMARTS) is 1. The Balaban J connectivity index is 1.35. The third-order valence-corrected chi connectivity index (χ3v) is 9.28. The van der Waals surface area contributed by atoms with Gasteiger partial charge in [0.25, 0.3) is 0 Å². The summed E-state index contributed by atoms with van der Waals surface area (Å²) in [6.07, 6.45) is 6.24. The second kappa shape index (κ2) is 14.5. The number of benzene rings is 1. The number of carboxylic acids is 1. The first kappa shape index (κ1) is 33.3. The first-order valence-corrected chi connectivity index (χ1v) is 15.7. The predicted octanol–water partition coefficient (Wildman–Crippen LogP) is 4.65. The van der Waals surface area contributed by atoms with E-state index in [1.165, 1.54) is 25.1 Å². The summed E-state index contributed by atoms with van der Waals surface area (Å²) in [6, 6.07) is 4.63. The summed E-state index contributed by atoms with van der Waals surface area (Å²) in [5.74, 6) is -2.34. The quantitative estimate of drug-likeness (QED) is 0.193. The molecule has 2 aliphatic carbocycles. The van der Waals surface area contributed by atoms with E-state index in [0.29, 0.717) is 24.2 Å². The highest BCUT2D eigenvalue weighted by Crippen LogP contribution is 2.41. The van der Waals surface area contributed by atoms with Crippen LogP contribution in [0.2, 0.25) is 0 Å². The van der Waals surface area contributed by atoms with Crippen molar-refractivity contribution in [2.24, 2.45) is 11.8 Å². The van der Waals surface area contributed by atoms with Gasteiger partial charge in [-0.25, -0.2) is 26.9 Å². The number of allylic oxidation sites excluding steroid dienone is 4. The summed E-state index contributed by atoms with van der Waals surface area (Å²) in [6.45, 7) is 5.10. The number of amides is 1. The van der Waals surface area contributed by atoms with Gasteiger partial charge in [-0.05, 0) is 61.1 Å². The maximum Gasteiger partial charge on any atom is 0.410 e. The van der Waals surface area contributed by atoms with Gasteiger partial charge in [0.05, 0.1) is 24.3 Å². The Morgan fingerprint density at radius 3 is 2.43 bits per heavy atom. The van der Waals surface area contributed by atoms with Crippen LogP contribution >= 0.6 is 0 Å². The highest BCUT2D eigenvalue weighted by Gasteiger charge is 2.50. The van der Waals surface area contributed by atoms with Crippen molar-refractivity contribution in [1.82, 2.24) is 9.62 Å². The Labute approximate surface area is 257 Å². The number of rotatable bonds is 12. The molecule has 44 heavy (non-hydrogen) atoms. The molecule has 13 heteroatoms. The van der Waals surface area contributed by atoms with Gasteiger partial charge in [0.15, 0.2) is 5.60 Å². The maximum atomic E-state index is 13.7. The second-order valence-electron chi connectivity index (χ2n) is 11.5. The van der Waals surface area contributed by atoms with Gasteiger partial charge >= 0.3 is 18.0 Å². The van der Waals surface area contributed by atoms with Crippen LogP contribution in [0, 0.1) is 17.7 Å². The number of carbonyl (C=O) groups is 3. The molecular formula is C31H38F2N2O8S. The molecule has 1 aliphatic heterocycles. The number of nitrogens with zero attached hydrogens (tertiary/aromatic N) is 1. The summed E-state index contributed by atoms with van der Waals surface area (Å²) >= 11 is 0. The summed E-state index contributed by atoms with van der Waals surface area (Å²) in [4.78, 5) is 36.0. The van der Waals surface area contributed by atoms with Crippen molar-refractivity contribution in [3.05, 3.63) is 71.8 Å². The highest BCUT2D eigenvalue weighted by atomic mass is 32.2. The molecule has 10 nitrogen and oxygen atoms in total. The van der Waals surface area contributed by atoms with Crippen molar-refractivity contribution in [2.75, 3.05) is 13.1 Å². The van der Waals surface area contributed by atoms with Crippen LogP contribution in [0.4, 0.5) is 13.6 Å². The molecule has 1 amide bonds. The molecule has 240 valence electrons. The van der Waals surface area contributed by atoms with Gasteiger partial charge in [0.1, 0.15) is 34.8 Å². The van der Waals surface area contributed by atoms with Crippen LogP contribution in [-0.2, 0) is 40.4 Å². The normalized spacial score (nSPS) is 24.8. The topological polar surface area (TPSA) is 131 Å². The molecule has 0 spiro atoms. The Kier molecular flexibility index (Phi) is 11.0. The van der Waals surface area contributed by atoms with Crippen molar-refractivity contribution in [3.63, 3.8) is 0 Å². The van der Waals surface area contributed by atoms with E-state index in [9.17, 15) is 32.5 Å². The number of ether oxygens (including phenoxy) is 3. The van der Waals surface area contributed by atoms with Crippen molar-refractivity contribution < 1.29 is 46.7 Å². The van der Waals surface area contributed by atoms with E-state index in [4.69, 9.17) is 14.2 Å². The van der Waals surface area contributed by atoms with Crippen molar-refractivity contribution in [3.8, 4) is 0 Å². The highest BCUT2D eigenvalue weighted by molar-refractivity contribution is 7.83. The second-order valence-corrected chi connectivity index (χ2v) is 13.2. The molecule has 4 rings (SSSR count). The number of aliphatic carboxylic acids is 1. The van der Waals surface area contributed by atoms with E-state index < -0.39 is 70.1 Å². The summed E-state index contributed by atoms with van der Waals surface area (Å²) < 4.78 is 58.9.